The zero-order valence-electron chi connectivity index (χ0n) is 12.5. The van der Waals surface area contributed by atoms with Gasteiger partial charge in [-0.3, -0.25) is 9.69 Å². The molecule has 1 aliphatic rings. The van der Waals surface area contributed by atoms with Gasteiger partial charge in [-0.15, -0.1) is 11.3 Å². The zero-order valence-corrected chi connectivity index (χ0v) is 14.0. The first kappa shape index (κ1) is 15.5. The molecule has 2 heterocycles. The number of carbonyl (C=O) groups excluding carboxylic acids is 1. The predicted molar refractivity (Wildman–Crippen MR) is 90.1 cm³/mol. The van der Waals surface area contributed by atoms with Crippen LogP contribution in [0.3, 0.4) is 0 Å². The van der Waals surface area contributed by atoms with E-state index in [2.05, 4.69) is 10.3 Å². The normalized spacial score (nSPS) is 16.0. The summed E-state index contributed by atoms with van der Waals surface area (Å²) in [4.78, 5) is 20.3. The van der Waals surface area contributed by atoms with Gasteiger partial charge in [0.05, 0.1) is 5.69 Å². The third-order valence-electron chi connectivity index (χ3n) is 3.85. The van der Waals surface area contributed by atoms with Crippen molar-refractivity contribution >= 4 is 28.8 Å². The van der Waals surface area contributed by atoms with Crippen LogP contribution in [0.25, 0.3) is 10.6 Å². The van der Waals surface area contributed by atoms with E-state index < -0.39 is 0 Å². The molecule has 1 amide bonds. The fraction of sp³-hybridized carbons (Fsp3) is 0.375. The van der Waals surface area contributed by atoms with Gasteiger partial charge in [-0.25, -0.2) is 4.98 Å². The van der Waals surface area contributed by atoms with E-state index >= 15 is 0 Å². The van der Waals surface area contributed by atoms with Gasteiger partial charge in [-0.2, -0.15) is 0 Å². The topological polar surface area (TPSA) is 36.4 Å². The number of thiazole rings is 1. The number of hydrogen-bond donors (Lipinski definition) is 0. The van der Waals surface area contributed by atoms with E-state index in [1.165, 1.54) is 0 Å². The SMILES string of the molecule is CC(=O)N1CCN(Cc2csc(-c3ccc(Cl)cc3)n2)CC1. The minimum atomic E-state index is 0.165. The van der Waals surface area contributed by atoms with E-state index in [1.54, 1.807) is 18.3 Å². The van der Waals surface area contributed by atoms with Gasteiger partial charge in [0.2, 0.25) is 5.91 Å². The van der Waals surface area contributed by atoms with Crippen molar-refractivity contribution in [2.75, 3.05) is 26.2 Å². The quantitative estimate of drug-likeness (QED) is 0.864. The lowest BCUT2D eigenvalue weighted by molar-refractivity contribution is -0.130. The molecule has 0 aliphatic carbocycles. The molecule has 0 atom stereocenters. The van der Waals surface area contributed by atoms with Gasteiger partial charge in [0.25, 0.3) is 0 Å². The largest absolute Gasteiger partial charge is 0.340 e. The molecular formula is C16H18ClN3OS. The predicted octanol–water partition coefficient (Wildman–Crippen LogP) is 3.13. The van der Waals surface area contributed by atoms with Gasteiger partial charge in [-0.05, 0) is 12.1 Å². The standard InChI is InChI=1S/C16H18ClN3OS/c1-12(21)20-8-6-19(7-9-20)10-15-11-22-16(18-15)13-2-4-14(17)5-3-13/h2-5,11H,6-10H2,1H3. The highest BCUT2D eigenvalue weighted by molar-refractivity contribution is 7.13. The van der Waals surface area contributed by atoms with E-state index in [0.717, 1.165) is 54.0 Å². The Balaban J connectivity index is 1.60. The number of amides is 1. The second-order valence-electron chi connectivity index (χ2n) is 5.43. The zero-order chi connectivity index (χ0) is 15.5. The van der Waals surface area contributed by atoms with Crippen LogP contribution in [0.15, 0.2) is 29.6 Å². The molecule has 2 aromatic rings. The van der Waals surface area contributed by atoms with Crippen LogP contribution in [0.2, 0.25) is 5.02 Å². The Hall–Kier alpha value is -1.43. The van der Waals surface area contributed by atoms with Crippen molar-refractivity contribution in [2.45, 2.75) is 13.5 Å². The number of halogens is 1. The van der Waals surface area contributed by atoms with E-state index in [0.29, 0.717) is 0 Å². The monoisotopic (exact) mass is 335 g/mol. The van der Waals surface area contributed by atoms with Crippen molar-refractivity contribution in [1.82, 2.24) is 14.8 Å². The average Bonchev–Trinajstić information content (AvgIpc) is 2.97. The molecule has 116 valence electrons. The molecule has 1 fully saturated rings. The number of piperazine rings is 1. The summed E-state index contributed by atoms with van der Waals surface area (Å²) in [6, 6.07) is 7.77. The van der Waals surface area contributed by atoms with Gasteiger partial charge >= 0.3 is 0 Å². The van der Waals surface area contributed by atoms with Crippen LogP contribution in [0.4, 0.5) is 0 Å². The summed E-state index contributed by atoms with van der Waals surface area (Å²) in [6.07, 6.45) is 0. The number of rotatable bonds is 3. The molecule has 4 nitrogen and oxygen atoms in total. The van der Waals surface area contributed by atoms with E-state index in [4.69, 9.17) is 16.6 Å². The van der Waals surface area contributed by atoms with Crippen molar-refractivity contribution < 1.29 is 4.79 Å². The Kier molecular flexibility index (Phi) is 4.76. The molecule has 0 spiro atoms. The lowest BCUT2D eigenvalue weighted by Gasteiger charge is -2.33. The summed E-state index contributed by atoms with van der Waals surface area (Å²) in [5, 5.41) is 3.87. The summed E-state index contributed by atoms with van der Waals surface area (Å²) in [6.45, 7) is 5.91. The van der Waals surface area contributed by atoms with Crippen LogP contribution in [0, 0.1) is 0 Å². The maximum atomic E-state index is 11.3. The number of nitrogens with zero attached hydrogens (tertiary/aromatic N) is 3. The summed E-state index contributed by atoms with van der Waals surface area (Å²) >= 11 is 7.57. The van der Waals surface area contributed by atoms with Crippen molar-refractivity contribution in [3.05, 3.63) is 40.4 Å². The van der Waals surface area contributed by atoms with Crippen LogP contribution in [-0.4, -0.2) is 46.9 Å². The number of benzene rings is 1. The molecule has 3 rings (SSSR count). The van der Waals surface area contributed by atoms with Gasteiger partial charge in [0, 0.05) is 55.6 Å². The molecule has 6 heteroatoms. The Morgan fingerprint density at radius 3 is 2.55 bits per heavy atom. The molecule has 0 saturated carbocycles. The molecule has 22 heavy (non-hydrogen) atoms. The molecule has 0 bridgehead atoms. The summed E-state index contributed by atoms with van der Waals surface area (Å²) in [5.41, 5.74) is 2.19. The van der Waals surface area contributed by atoms with Crippen molar-refractivity contribution in [3.8, 4) is 10.6 Å². The van der Waals surface area contributed by atoms with Crippen molar-refractivity contribution in [3.63, 3.8) is 0 Å². The first-order valence-electron chi connectivity index (χ1n) is 7.30. The lowest BCUT2D eigenvalue weighted by Crippen LogP contribution is -2.47. The minimum Gasteiger partial charge on any atom is -0.340 e. The van der Waals surface area contributed by atoms with Crippen molar-refractivity contribution in [1.29, 1.82) is 0 Å². The fourth-order valence-corrected chi connectivity index (χ4v) is 3.50. The van der Waals surface area contributed by atoms with Crippen molar-refractivity contribution in [2.24, 2.45) is 0 Å². The molecule has 1 aromatic carbocycles. The first-order chi connectivity index (χ1) is 10.6. The average molecular weight is 336 g/mol. The molecule has 0 unspecified atom stereocenters. The van der Waals surface area contributed by atoms with Crippen LogP contribution in [0.5, 0.6) is 0 Å². The molecule has 1 aliphatic heterocycles. The van der Waals surface area contributed by atoms with Crippen LogP contribution >= 0.6 is 22.9 Å². The Bertz CT molecular complexity index is 648. The highest BCUT2D eigenvalue weighted by atomic mass is 35.5. The summed E-state index contributed by atoms with van der Waals surface area (Å²) in [7, 11) is 0. The second-order valence-corrected chi connectivity index (χ2v) is 6.73. The second kappa shape index (κ2) is 6.77. The fourth-order valence-electron chi connectivity index (χ4n) is 2.55. The van der Waals surface area contributed by atoms with Crippen LogP contribution in [-0.2, 0) is 11.3 Å². The summed E-state index contributed by atoms with van der Waals surface area (Å²) < 4.78 is 0. The summed E-state index contributed by atoms with van der Waals surface area (Å²) in [5.74, 6) is 0.165. The Labute approximate surface area is 139 Å². The number of aromatic nitrogens is 1. The maximum Gasteiger partial charge on any atom is 0.219 e. The van der Waals surface area contributed by atoms with Gasteiger partial charge in [0.1, 0.15) is 5.01 Å². The molecule has 1 saturated heterocycles. The molecule has 1 aromatic heterocycles. The third kappa shape index (κ3) is 3.66. The lowest BCUT2D eigenvalue weighted by atomic mass is 10.2. The smallest absolute Gasteiger partial charge is 0.219 e. The maximum absolute atomic E-state index is 11.3. The number of carbonyl (C=O) groups is 1. The minimum absolute atomic E-state index is 0.165. The van der Waals surface area contributed by atoms with Gasteiger partial charge in [0.15, 0.2) is 0 Å². The number of hydrogen-bond acceptors (Lipinski definition) is 4. The molecule has 0 N–H and O–H groups in total. The van der Waals surface area contributed by atoms with Crippen LogP contribution < -0.4 is 0 Å². The highest BCUT2D eigenvalue weighted by Crippen LogP contribution is 2.25. The van der Waals surface area contributed by atoms with E-state index in [-0.39, 0.29) is 5.91 Å². The van der Waals surface area contributed by atoms with Gasteiger partial charge < -0.3 is 4.90 Å². The Morgan fingerprint density at radius 1 is 1.23 bits per heavy atom. The first-order valence-corrected chi connectivity index (χ1v) is 8.56. The van der Waals surface area contributed by atoms with E-state index in [9.17, 15) is 4.79 Å². The third-order valence-corrected chi connectivity index (χ3v) is 5.04. The van der Waals surface area contributed by atoms with Gasteiger partial charge in [-0.1, -0.05) is 23.7 Å². The molecular weight excluding hydrogens is 318 g/mol. The van der Waals surface area contributed by atoms with Crippen LogP contribution in [0.1, 0.15) is 12.6 Å². The Morgan fingerprint density at radius 2 is 1.91 bits per heavy atom. The molecule has 0 radical (unpaired) electrons. The van der Waals surface area contributed by atoms with E-state index in [1.807, 2.05) is 29.2 Å². The highest BCUT2D eigenvalue weighted by Gasteiger charge is 2.19.